The lowest BCUT2D eigenvalue weighted by Gasteiger charge is -2.06. The van der Waals surface area contributed by atoms with Crippen LogP contribution in [0.1, 0.15) is 17.0 Å². The molecule has 2 aromatic carbocycles. The summed E-state index contributed by atoms with van der Waals surface area (Å²) in [6, 6.07) is 13.5. The number of aryl methyl sites for hydroxylation is 1. The van der Waals surface area contributed by atoms with Crippen LogP contribution in [0.15, 0.2) is 42.5 Å². The van der Waals surface area contributed by atoms with E-state index >= 15 is 0 Å². The summed E-state index contributed by atoms with van der Waals surface area (Å²) >= 11 is 5.95. The summed E-state index contributed by atoms with van der Waals surface area (Å²) < 4.78 is 0. The first-order valence-corrected chi connectivity index (χ1v) is 7.94. The molecule has 1 aromatic heterocycles. The van der Waals surface area contributed by atoms with Gasteiger partial charge < -0.3 is 10.3 Å². The van der Waals surface area contributed by atoms with Gasteiger partial charge in [-0.05, 0) is 48.7 Å². The van der Waals surface area contributed by atoms with Crippen LogP contribution in [0.25, 0.3) is 11.0 Å². The van der Waals surface area contributed by atoms with Gasteiger partial charge in [0.15, 0.2) is 0 Å². The number of aromatic amines is 1. The number of carbonyl (C=O) groups excluding carboxylic acids is 1. The zero-order chi connectivity index (χ0) is 16.2. The molecule has 1 amide bonds. The minimum absolute atomic E-state index is 0.0163. The van der Waals surface area contributed by atoms with Crippen LogP contribution in [0.3, 0.4) is 0 Å². The Hall–Kier alpha value is -2.33. The monoisotopic (exact) mass is 327 g/mol. The molecule has 5 heteroatoms. The maximum atomic E-state index is 12.0. The molecule has 0 radical (unpaired) electrons. The van der Waals surface area contributed by atoms with Gasteiger partial charge in [0.2, 0.25) is 5.91 Å². The van der Waals surface area contributed by atoms with Crippen LogP contribution in [-0.4, -0.2) is 22.4 Å². The van der Waals surface area contributed by atoms with Crippen molar-refractivity contribution in [1.29, 1.82) is 0 Å². The number of fused-ring (bicyclic) bond motifs is 1. The third-order valence-corrected chi connectivity index (χ3v) is 3.89. The molecule has 0 aliphatic heterocycles. The third kappa shape index (κ3) is 4.11. The van der Waals surface area contributed by atoms with E-state index in [0.29, 0.717) is 13.0 Å². The van der Waals surface area contributed by atoms with E-state index in [4.69, 9.17) is 11.6 Å². The van der Waals surface area contributed by atoms with Crippen LogP contribution in [0.2, 0.25) is 5.02 Å². The summed E-state index contributed by atoms with van der Waals surface area (Å²) in [5, 5.41) is 3.66. The van der Waals surface area contributed by atoms with E-state index in [1.54, 1.807) is 0 Å². The van der Waals surface area contributed by atoms with E-state index in [2.05, 4.69) is 15.3 Å². The van der Waals surface area contributed by atoms with Crippen molar-refractivity contribution in [2.45, 2.75) is 19.8 Å². The van der Waals surface area contributed by atoms with Crippen LogP contribution in [0.4, 0.5) is 0 Å². The highest BCUT2D eigenvalue weighted by Crippen LogP contribution is 2.14. The second-order valence-electron chi connectivity index (χ2n) is 5.58. The summed E-state index contributed by atoms with van der Waals surface area (Å²) in [7, 11) is 0. The Morgan fingerprint density at radius 3 is 2.91 bits per heavy atom. The van der Waals surface area contributed by atoms with Crippen molar-refractivity contribution in [3.8, 4) is 0 Å². The van der Waals surface area contributed by atoms with Crippen molar-refractivity contribution in [3.63, 3.8) is 0 Å². The maximum absolute atomic E-state index is 12.0. The van der Waals surface area contributed by atoms with Crippen molar-refractivity contribution in [2.24, 2.45) is 0 Å². The molecule has 0 saturated heterocycles. The molecular weight excluding hydrogens is 310 g/mol. The fourth-order valence-electron chi connectivity index (χ4n) is 2.58. The quantitative estimate of drug-likeness (QED) is 0.754. The Morgan fingerprint density at radius 1 is 1.22 bits per heavy atom. The highest BCUT2D eigenvalue weighted by Gasteiger charge is 2.06. The average molecular weight is 328 g/mol. The molecule has 3 rings (SSSR count). The van der Waals surface area contributed by atoms with E-state index < -0.39 is 0 Å². The number of benzene rings is 2. The average Bonchev–Trinajstić information content (AvgIpc) is 2.86. The van der Waals surface area contributed by atoms with Crippen LogP contribution < -0.4 is 5.32 Å². The van der Waals surface area contributed by atoms with Crippen LogP contribution in [0, 0.1) is 6.92 Å². The Bertz CT molecular complexity index is 841. The van der Waals surface area contributed by atoms with Gasteiger partial charge in [-0.1, -0.05) is 29.8 Å². The molecule has 0 spiro atoms. The number of halogens is 1. The minimum atomic E-state index is 0.0163. The fourth-order valence-corrected chi connectivity index (χ4v) is 2.79. The number of aromatic nitrogens is 2. The number of imidazole rings is 1. The second-order valence-corrected chi connectivity index (χ2v) is 6.02. The van der Waals surface area contributed by atoms with Gasteiger partial charge in [-0.25, -0.2) is 4.98 Å². The summed E-state index contributed by atoms with van der Waals surface area (Å²) in [6.45, 7) is 2.52. The normalized spacial score (nSPS) is 10.9. The van der Waals surface area contributed by atoms with Crippen molar-refractivity contribution < 1.29 is 4.79 Å². The summed E-state index contributed by atoms with van der Waals surface area (Å²) in [6.07, 6.45) is 1.13. The SMILES string of the molecule is Cc1nc2ccc(CC(=O)NCCc3cccc(Cl)c3)cc2[nH]1. The van der Waals surface area contributed by atoms with Gasteiger partial charge in [0.1, 0.15) is 5.82 Å². The summed E-state index contributed by atoms with van der Waals surface area (Å²) in [4.78, 5) is 19.6. The van der Waals surface area contributed by atoms with Gasteiger partial charge >= 0.3 is 0 Å². The molecule has 0 atom stereocenters. The number of rotatable bonds is 5. The Morgan fingerprint density at radius 2 is 2.09 bits per heavy atom. The third-order valence-electron chi connectivity index (χ3n) is 3.65. The number of amides is 1. The van der Waals surface area contributed by atoms with Crippen molar-refractivity contribution in [2.75, 3.05) is 6.54 Å². The number of H-pyrrole nitrogens is 1. The minimum Gasteiger partial charge on any atom is -0.355 e. The molecule has 118 valence electrons. The predicted octanol–water partition coefficient (Wildman–Crippen LogP) is 3.43. The number of carbonyl (C=O) groups is 1. The molecule has 3 aromatic rings. The lowest BCUT2D eigenvalue weighted by molar-refractivity contribution is -0.120. The van der Waals surface area contributed by atoms with E-state index in [9.17, 15) is 4.79 Å². The molecule has 1 heterocycles. The van der Waals surface area contributed by atoms with Gasteiger partial charge in [0.05, 0.1) is 17.5 Å². The maximum Gasteiger partial charge on any atom is 0.224 e. The van der Waals surface area contributed by atoms with Crippen LogP contribution in [0.5, 0.6) is 0 Å². The molecular formula is C18H18ClN3O. The molecule has 23 heavy (non-hydrogen) atoms. The molecule has 0 fully saturated rings. The van der Waals surface area contributed by atoms with Gasteiger partial charge in [-0.3, -0.25) is 4.79 Å². The lowest BCUT2D eigenvalue weighted by atomic mass is 10.1. The number of hydrogen-bond donors (Lipinski definition) is 2. The first-order valence-electron chi connectivity index (χ1n) is 7.56. The summed E-state index contributed by atoms with van der Waals surface area (Å²) in [5.74, 6) is 0.894. The van der Waals surface area contributed by atoms with E-state index in [0.717, 1.165) is 39.4 Å². The van der Waals surface area contributed by atoms with Crippen LogP contribution >= 0.6 is 11.6 Å². The zero-order valence-corrected chi connectivity index (χ0v) is 13.7. The number of nitrogens with zero attached hydrogens (tertiary/aromatic N) is 1. The standard InChI is InChI=1S/C18H18ClN3O/c1-12-21-16-6-5-14(10-17(16)22-12)11-18(23)20-8-7-13-3-2-4-15(19)9-13/h2-6,9-10H,7-8,11H2,1H3,(H,20,23)(H,21,22). The Labute approximate surface area is 139 Å². The van der Waals surface area contributed by atoms with Gasteiger partial charge in [-0.15, -0.1) is 0 Å². The topological polar surface area (TPSA) is 57.8 Å². The molecule has 2 N–H and O–H groups in total. The molecule has 0 saturated carbocycles. The van der Waals surface area contributed by atoms with E-state index in [1.165, 1.54) is 0 Å². The second kappa shape index (κ2) is 6.84. The fraction of sp³-hybridized carbons (Fsp3) is 0.222. The van der Waals surface area contributed by atoms with E-state index in [-0.39, 0.29) is 5.91 Å². The molecule has 0 aliphatic carbocycles. The largest absolute Gasteiger partial charge is 0.355 e. The highest BCUT2D eigenvalue weighted by molar-refractivity contribution is 6.30. The van der Waals surface area contributed by atoms with Gasteiger partial charge in [0.25, 0.3) is 0 Å². The molecule has 4 nitrogen and oxygen atoms in total. The van der Waals surface area contributed by atoms with Crippen LogP contribution in [-0.2, 0) is 17.6 Å². The summed E-state index contributed by atoms with van der Waals surface area (Å²) in [5.41, 5.74) is 3.98. The Kier molecular flexibility index (Phi) is 4.63. The molecule has 0 bridgehead atoms. The first kappa shape index (κ1) is 15.6. The number of nitrogens with one attached hydrogen (secondary N) is 2. The van der Waals surface area contributed by atoms with Gasteiger partial charge in [-0.2, -0.15) is 0 Å². The first-order chi connectivity index (χ1) is 11.1. The van der Waals surface area contributed by atoms with Crippen molar-refractivity contribution in [3.05, 3.63) is 64.4 Å². The Balaban J connectivity index is 1.53. The van der Waals surface area contributed by atoms with Gasteiger partial charge in [0, 0.05) is 11.6 Å². The van der Waals surface area contributed by atoms with Crippen molar-refractivity contribution in [1.82, 2.24) is 15.3 Å². The highest BCUT2D eigenvalue weighted by atomic mass is 35.5. The molecule has 0 aliphatic rings. The van der Waals surface area contributed by atoms with Crippen molar-refractivity contribution >= 4 is 28.5 Å². The predicted molar refractivity (Wildman–Crippen MR) is 92.7 cm³/mol. The zero-order valence-electron chi connectivity index (χ0n) is 12.9. The number of hydrogen-bond acceptors (Lipinski definition) is 2. The molecule has 0 unspecified atom stereocenters. The smallest absolute Gasteiger partial charge is 0.224 e. The van der Waals surface area contributed by atoms with E-state index in [1.807, 2.05) is 49.4 Å². The lowest BCUT2D eigenvalue weighted by Crippen LogP contribution is -2.27.